The van der Waals surface area contributed by atoms with Crippen molar-refractivity contribution in [1.29, 1.82) is 0 Å². The number of halogens is 3. The second-order valence-corrected chi connectivity index (χ2v) is 6.48. The summed E-state index contributed by atoms with van der Waals surface area (Å²) in [4.78, 5) is 11.8. The van der Waals surface area contributed by atoms with Gasteiger partial charge in [-0.1, -0.05) is 25.1 Å². The molecule has 2 atom stereocenters. The summed E-state index contributed by atoms with van der Waals surface area (Å²) in [6.07, 6.45) is -1.23. The topological polar surface area (TPSA) is 55.1 Å². The molecule has 3 nitrogen and oxygen atoms in total. The lowest BCUT2D eigenvalue weighted by atomic mass is 9.96. The Labute approximate surface area is 139 Å². The molecule has 1 aromatic rings. The van der Waals surface area contributed by atoms with E-state index in [1.807, 2.05) is 13.2 Å². The fourth-order valence-corrected chi connectivity index (χ4v) is 2.60. The molecule has 0 saturated heterocycles. The van der Waals surface area contributed by atoms with Gasteiger partial charge in [0, 0.05) is 6.54 Å². The minimum atomic E-state index is -4.34. The summed E-state index contributed by atoms with van der Waals surface area (Å²) in [5.74, 6) is 0.519. The Hall–Kier alpha value is -1.21. The first-order valence-electron chi connectivity index (χ1n) is 7.45. The van der Waals surface area contributed by atoms with E-state index in [4.69, 9.17) is 5.73 Å². The number of hydrogen-bond acceptors (Lipinski definition) is 3. The SMILES string of the molecule is CSCC[C@H](N)C(=O)NCCC(C)c1cccc(C(F)(F)F)c1. The lowest BCUT2D eigenvalue weighted by Crippen LogP contribution is -2.41. The lowest BCUT2D eigenvalue weighted by Gasteiger charge is -2.16. The van der Waals surface area contributed by atoms with Crippen molar-refractivity contribution >= 4 is 17.7 Å². The fourth-order valence-electron chi connectivity index (χ4n) is 2.11. The zero-order valence-electron chi connectivity index (χ0n) is 13.3. The van der Waals surface area contributed by atoms with Crippen molar-refractivity contribution in [3.05, 3.63) is 35.4 Å². The van der Waals surface area contributed by atoms with Crippen LogP contribution in [0.2, 0.25) is 0 Å². The number of amides is 1. The average Bonchev–Trinajstić information content (AvgIpc) is 2.51. The van der Waals surface area contributed by atoms with Gasteiger partial charge in [0.25, 0.3) is 0 Å². The van der Waals surface area contributed by atoms with E-state index in [1.54, 1.807) is 17.8 Å². The fraction of sp³-hybridized carbons (Fsp3) is 0.562. The molecule has 1 aromatic carbocycles. The first kappa shape index (κ1) is 19.8. The van der Waals surface area contributed by atoms with Gasteiger partial charge in [0.1, 0.15) is 0 Å². The predicted octanol–water partition coefficient (Wildman–Crippen LogP) is 3.40. The van der Waals surface area contributed by atoms with E-state index in [0.29, 0.717) is 24.9 Å². The Bertz CT molecular complexity index is 508. The van der Waals surface area contributed by atoms with E-state index in [1.165, 1.54) is 6.07 Å². The molecule has 0 fully saturated rings. The van der Waals surface area contributed by atoms with E-state index < -0.39 is 17.8 Å². The van der Waals surface area contributed by atoms with Crippen LogP contribution >= 0.6 is 11.8 Å². The van der Waals surface area contributed by atoms with E-state index in [-0.39, 0.29) is 11.8 Å². The van der Waals surface area contributed by atoms with Crippen LogP contribution in [0.15, 0.2) is 24.3 Å². The number of rotatable bonds is 8. The van der Waals surface area contributed by atoms with Gasteiger partial charge in [-0.05, 0) is 42.4 Å². The number of alkyl halides is 3. The molecule has 0 spiro atoms. The van der Waals surface area contributed by atoms with Crippen LogP contribution in [-0.2, 0) is 11.0 Å². The second kappa shape index (κ2) is 9.17. The Morgan fingerprint density at radius 1 is 1.35 bits per heavy atom. The maximum absolute atomic E-state index is 12.7. The molecule has 0 radical (unpaired) electrons. The quantitative estimate of drug-likeness (QED) is 0.757. The van der Waals surface area contributed by atoms with Crippen LogP contribution < -0.4 is 11.1 Å². The summed E-state index contributed by atoms with van der Waals surface area (Å²) in [5, 5.41) is 2.74. The van der Waals surface area contributed by atoms with Crippen molar-refractivity contribution in [2.75, 3.05) is 18.6 Å². The summed E-state index contributed by atoms with van der Waals surface area (Å²) in [5.41, 5.74) is 5.71. The highest BCUT2D eigenvalue weighted by molar-refractivity contribution is 7.98. The third-order valence-corrected chi connectivity index (χ3v) is 4.27. The van der Waals surface area contributed by atoms with Crippen molar-refractivity contribution in [3.8, 4) is 0 Å². The monoisotopic (exact) mass is 348 g/mol. The van der Waals surface area contributed by atoms with Crippen LogP contribution in [0.25, 0.3) is 0 Å². The van der Waals surface area contributed by atoms with E-state index in [0.717, 1.165) is 17.9 Å². The third-order valence-electron chi connectivity index (χ3n) is 3.63. The first-order chi connectivity index (χ1) is 10.8. The molecule has 0 aliphatic carbocycles. The number of carbonyl (C=O) groups is 1. The maximum atomic E-state index is 12.7. The van der Waals surface area contributed by atoms with Gasteiger partial charge < -0.3 is 11.1 Å². The standard InChI is InChI=1S/C16H23F3N2OS/c1-11(6-8-21-15(22)14(20)7-9-23-2)12-4-3-5-13(10-12)16(17,18)19/h3-5,10-11,14H,6-9,20H2,1-2H3,(H,21,22)/t11?,14-/m0/s1. The van der Waals surface area contributed by atoms with E-state index in [9.17, 15) is 18.0 Å². The number of thioether (sulfide) groups is 1. The zero-order valence-corrected chi connectivity index (χ0v) is 14.1. The Morgan fingerprint density at radius 3 is 2.65 bits per heavy atom. The van der Waals surface area contributed by atoms with Crippen molar-refractivity contribution < 1.29 is 18.0 Å². The minimum absolute atomic E-state index is 0.0833. The molecule has 0 aromatic heterocycles. The third kappa shape index (κ3) is 6.83. The van der Waals surface area contributed by atoms with Gasteiger partial charge in [-0.15, -0.1) is 0 Å². The van der Waals surface area contributed by atoms with Crippen molar-refractivity contribution in [2.45, 2.75) is 37.9 Å². The molecule has 1 unspecified atom stereocenters. The largest absolute Gasteiger partial charge is 0.416 e. The van der Waals surface area contributed by atoms with Gasteiger partial charge in [-0.25, -0.2) is 0 Å². The lowest BCUT2D eigenvalue weighted by molar-refractivity contribution is -0.137. The number of hydrogen-bond donors (Lipinski definition) is 2. The van der Waals surface area contributed by atoms with Gasteiger partial charge >= 0.3 is 6.18 Å². The molecular formula is C16H23F3N2OS. The molecule has 7 heteroatoms. The number of benzene rings is 1. The van der Waals surface area contributed by atoms with Gasteiger partial charge in [0.05, 0.1) is 11.6 Å². The summed E-state index contributed by atoms with van der Waals surface area (Å²) < 4.78 is 38.1. The number of carbonyl (C=O) groups excluding carboxylic acids is 1. The van der Waals surface area contributed by atoms with Gasteiger partial charge in [0.15, 0.2) is 0 Å². The van der Waals surface area contributed by atoms with Crippen LogP contribution in [0.4, 0.5) is 13.2 Å². The van der Waals surface area contributed by atoms with Crippen LogP contribution in [0.1, 0.15) is 36.8 Å². The molecule has 1 rings (SSSR count). The molecule has 0 aliphatic heterocycles. The summed E-state index contributed by atoms with van der Waals surface area (Å²) in [6, 6.07) is 4.77. The van der Waals surface area contributed by atoms with Gasteiger partial charge in [-0.2, -0.15) is 24.9 Å². The first-order valence-corrected chi connectivity index (χ1v) is 8.84. The Kier molecular flexibility index (Phi) is 7.91. The molecule has 0 aliphatic rings. The highest BCUT2D eigenvalue weighted by Crippen LogP contribution is 2.31. The van der Waals surface area contributed by atoms with Crippen LogP contribution in [0.5, 0.6) is 0 Å². The zero-order chi connectivity index (χ0) is 17.5. The van der Waals surface area contributed by atoms with Crippen molar-refractivity contribution in [2.24, 2.45) is 5.73 Å². The predicted molar refractivity (Wildman–Crippen MR) is 88.5 cm³/mol. The molecular weight excluding hydrogens is 325 g/mol. The van der Waals surface area contributed by atoms with E-state index in [2.05, 4.69) is 5.32 Å². The minimum Gasteiger partial charge on any atom is -0.355 e. The van der Waals surface area contributed by atoms with Crippen LogP contribution in [0.3, 0.4) is 0 Å². The summed E-state index contributed by atoms with van der Waals surface area (Å²) in [6.45, 7) is 2.23. The molecule has 0 saturated carbocycles. The molecule has 0 heterocycles. The van der Waals surface area contributed by atoms with Gasteiger partial charge in [-0.3, -0.25) is 4.79 Å². The van der Waals surface area contributed by atoms with Gasteiger partial charge in [0.2, 0.25) is 5.91 Å². The normalized spacial score (nSPS) is 14.3. The second-order valence-electron chi connectivity index (χ2n) is 5.49. The smallest absolute Gasteiger partial charge is 0.355 e. The Morgan fingerprint density at radius 2 is 2.04 bits per heavy atom. The maximum Gasteiger partial charge on any atom is 0.416 e. The highest BCUT2D eigenvalue weighted by Gasteiger charge is 2.30. The highest BCUT2D eigenvalue weighted by atomic mass is 32.2. The van der Waals surface area contributed by atoms with E-state index >= 15 is 0 Å². The molecule has 130 valence electrons. The number of nitrogens with two attached hydrogens (primary N) is 1. The van der Waals surface area contributed by atoms with Crippen molar-refractivity contribution in [3.63, 3.8) is 0 Å². The van der Waals surface area contributed by atoms with Crippen molar-refractivity contribution in [1.82, 2.24) is 5.32 Å². The molecule has 23 heavy (non-hydrogen) atoms. The Balaban J connectivity index is 2.48. The molecule has 0 bridgehead atoms. The number of nitrogens with one attached hydrogen (secondary N) is 1. The summed E-state index contributed by atoms with van der Waals surface area (Å²) >= 11 is 1.62. The molecule has 3 N–H and O–H groups in total. The summed E-state index contributed by atoms with van der Waals surface area (Å²) in [7, 11) is 0. The molecule has 1 amide bonds. The average molecular weight is 348 g/mol. The van der Waals surface area contributed by atoms with Crippen LogP contribution in [0, 0.1) is 0 Å². The van der Waals surface area contributed by atoms with Crippen LogP contribution in [-0.4, -0.2) is 30.5 Å².